The van der Waals surface area contributed by atoms with E-state index < -0.39 is 0 Å². The van der Waals surface area contributed by atoms with Crippen LogP contribution in [0.2, 0.25) is 0 Å². The highest BCUT2D eigenvalue weighted by Gasteiger charge is 2.17. The van der Waals surface area contributed by atoms with Gasteiger partial charge in [-0.05, 0) is 64.7 Å². The fraction of sp³-hybridized carbons (Fsp3) is 0. The molecule has 0 saturated carbocycles. The van der Waals surface area contributed by atoms with E-state index >= 15 is 0 Å². The molecule has 6 aromatic carbocycles. The van der Waals surface area contributed by atoms with Crippen molar-refractivity contribution in [3.8, 4) is 67.3 Å². The number of hydrogen-bond donors (Lipinski definition) is 0. The molecule has 0 N–H and O–H groups in total. The quantitative estimate of drug-likeness (QED) is 0.184. The number of benzene rings is 6. The molecule has 0 aliphatic heterocycles. The first-order valence-electron chi connectivity index (χ1n) is 16.3. The predicted molar refractivity (Wildman–Crippen MR) is 200 cm³/mol. The molecule has 9 rings (SSSR count). The lowest BCUT2D eigenvalue weighted by atomic mass is 9.93. The molecule has 4 heteroatoms. The Kier molecular flexibility index (Phi) is 7.10. The Morgan fingerprint density at radius 3 is 1.82 bits per heavy atom. The van der Waals surface area contributed by atoms with Gasteiger partial charge >= 0.3 is 0 Å². The lowest BCUT2D eigenvalue weighted by molar-refractivity contribution is 0.670. The fourth-order valence-electron chi connectivity index (χ4n) is 6.55. The minimum Gasteiger partial charge on any atom is -0.455 e. The van der Waals surface area contributed by atoms with Crippen molar-refractivity contribution >= 4 is 21.9 Å². The molecule has 49 heavy (non-hydrogen) atoms. The minimum atomic E-state index is 0.672. The summed E-state index contributed by atoms with van der Waals surface area (Å²) in [4.78, 5) is 14.7. The van der Waals surface area contributed by atoms with E-state index in [1.165, 1.54) is 0 Å². The largest absolute Gasteiger partial charge is 0.455 e. The van der Waals surface area contributed by atoms with Gasteiger partial charge in [0.05, 0.1) is 11.4 Å². The predicted octanol–water partition coefficient (Wildman–Crippen LogP) is 11.8. The highest BCUT2D eigenvalue weighted by atomic mass is 16.3. The van der Waals surface area contributed by atoms with Crippen LogP contribution in [-0.4, -0.2) is 15.0 Å². The van der Waals surface area contributed by atoms with E-state index in [0.717, 1.165) is 83.4 Å². The number of para-hydroxylation sites is 2. The SMILES string of the molecule is c1ccc(-c2cc(-c3cc(-c4cccc(-c5cccnc5)c4)nc(-c4ccccc4)n3)cc(-c3cccc4c3oc3ccccc34)c2)cc1. The smallest absolute Gasteiger partial charge is 0.160 e. The van der Waals surface area contributed by atoms with Crippen LogP contribution < -0.4 is 0 Å². The first-order chi connectivity index (χ1) is 24.3. The molecule has 0 unspecified atom stereocenters. The first-order valence-corrected chi connectivity index (χ1v) is 16.3. The molecular weight excluding hydrogens is 599 g/mol. The number of rotatable bonds is 6. The number of pyridine rings is 1. The lowest BCUT2D eigenvalue weighted by Crippen LogP contribution is -1.97. The number of aromatic nitrogens is 3. The maximum absolute atomic E-state index is 6.50. The summed E-state index contributed by atoms with van der Waals surface area (Å²) in [6.45, 7) is 0. The van der Waals surface area contributed by atoms with Crippen molar-refractivity contribution in [1.82, 2.24) is 15.0 Å². The van der Waals surface area contributed by atoms with Crippen molar-refractivity contribution in [1.29, 1.82) is 0 Å². The van der Waals surface area contributed by atoms with Crippen LogP contribution in [0.25, 0.3) is 89.2 Å². The maximum Gasteiger partial charge on any atom is 0.160 e. The molecule has 0 atom stereocenters. The van der Waals surface area contributed by atoms with Crippen molar-refractivity contribution in [2.24, 2.45) is 0 Å². The van der Waals surface area contributed by atoms with E-state index in [1.54, 1.807) is 6.20 Å². The Hall–Kier alpha value is -6.65. The highest BCUT2D eigenvalue weighted by Crippen LogP contribution is 2.39. The van der Waals surface area contributed by atoms with Crippen molar-refractivity contribution in [2.75, 3.05) is 0 Å². The van der Waals surface area contributed by atoms with Crippen LogP contribution in [0.1, 0.15) is 0 Å². The molecule has 0 amide bonds. The zero-order valence-electron chi connectivity index (χ0n) is 26.5. The molecule has 0 fully saturated rings. The van der Waals surface area contributed by atoms with Gasteiger partial charge in [-0.1, -0.05) is 121 Å². The lowest BCUT2D eigenvalue weighted by Gasteiger charge is -2.14. The molecule has 3 aromatic heterocycles. The summed E-state index contributed by atoms with van der Waals surface area (Å²) in [7, 11) is 0. The monoisotopic (exact) mass is 627 g/mol. The van der Waals surface area contributed by atoms with Gasteiger partial charge in [-0.2, -0.15) is 0 Å². The van der Waals surface area contributed by atoms with Gasteiger partial charge in [-0.25, -0.2) is 9.97 Å². The second kappa shape index (κ2) is 12.2. The summed E-state index contributed by atoms with van der Waals surface area (Å²) in [6, 6.07) is 56.6. The van der Waals surface area contributed by atoms with Crippen molar-refractivity contribution in [3.63, 3.8) is 0 Å². The molecule has 0 spiro atoms. The van der Waals surface area contributed by atoms with Crippen LogP contribution >= 0.6 is 0 Å². The topological polar surface area (TPSA) is 51.8 Å². The van der Waals surface area contributed by atoms with Crippen molar-refractivity contribution in [3.05, 3.63) is 176 Å². The zero-order chi connectivity index (χ0) is 32.6. The van der Waals surface area contributed by atoms with E-state index in [1.807, 2.05) is 48.7 Å². The molecule has 230 valence electrons. The van der Waals surface area contributed by atoms with Crippen LogP contribution in [0.15, 0.2) is 181 Å². The first kappa shape index (κ1) is 28.6. The van der Waals surface area contributed by atoms with Gasteiger partial charge in [0.1, 0.15) is 11.2 Å². The molecule has 9 aromatic rings. The Balaban J connectivity index is 1.27. The summed E-state index contributed by atoms with van der Waals surface area (Å²) < 4.78 is 6.50. The van der Waals surface area contributed by atoms with Gasteiger partial charge in [0.2, 0.25) is 0 Å². The van der Waals surface area contributed by atoms with Gasteiger partial charge in [0.15, 0.2) is 5.82 Å². The average molecular weight is 628 g/mol. The Morgan fingerprint density at radius 1 is 0.388 bits per heavy atom. The van der Waals surface area contributed by atoms with Gasteiger partial charge in [-0.15, -0.1) is 0 Å². The van der Waals surface area contributed by atoms with Gasteiger partial charge in [0, 0.05) is 51.0 Å². The van der Waals surface area contributed by atoms with Gasteiger partial charge in [0.25, 0.3) is 0 Å². The number of fused-ring (bicyclic) bond motifs is 3. The van der Waals surface area contributed by atoms with E-state index in [-0.39, 0.29) is 0 Å². The number of hydrogen-bond acceptors (Lipinski definition) is 4. The second-order valence-electron chi connectivity index (χ2n) is 12.1. The third kappa shape index (κ3) is 5.45. The summed E-state index contributed by atoms with van der Waals surface area (Å²) in [5.74, 6) is 0.672. The third-order valence-corrected chi connectivity index (χ3v) is 8.96. The third-order valence-electron chi connectivity index (χ3n) is 8.96. The molecule has 0 bridgehead atoms. The van der Waals surface area contributed by atoms with E-state index in [0.29, 0.717) is 5.82 Å². The summed E-state index contributed by atoms with van der Waals surface area (Å²) in [5, 5.41) is 2.21. The van der Waals surface area contributed by atoms with Crippen LogP contribution in [0.4, 0.5) is 0 Å². The van der Waals surface area contributed by atoms with Crippen LogP contribution in [0.3, 0.4) is 0 Å². The average Bonchev–Trinajstić information content (AvgIpc) is 3.58. The highest BCUT2D eigenvalue weighted by molar-refractivity contribution is 6.09. The summed E-state index contributed by atoms with van der Waals surface area (Å²) >= 11 is 0. The van der Waals surface area contributed by atoms with Crippen LogP contribution in [-0.2, 0) is 0 Å². The molecular formula is C45H29N3O. The Morgan fingerprint density at radius 2 is 1.00 bits per heavy atom. The molecule has 3 heterocycles. The van der Waals surface area contributed by atoms with Crippen LogP contribution in [0, 0.1) is 0 Å². The summed E-state index contributed by atoms with van der Waals surface area (Å²) in [6.07, 6.45) is 3.68. The van der Waals surface area contributed by atoms with Crippen molar-refractivity contribution in [2.45, 2.75) is 0 Å². The number of nitrogens with zero attached hydrogens (tertiary/aromatic N) is 3. The van der Waals surface area contributed by atoms with Crippen LogP contribution in [0.5, 0.6) is 0 Å². The minimum absolute atomic E-state index is 0.672. The molecule has 0 radical (unpaired) electrons. The van der Waals surface area contributed by atoms with E-state index in [9.17, 15) is 0 Å². The molecule has 4 nitrogen and oxygen atoms in total. The summed E-state index contributed by atoms with van der Waals surface area (Å²) in [5.41, 5.74) is 12.9. The Labute approximate surface area is 284 Å². The molecule has 0 aliphatic rings. The fourth-order valence-corrected chi connectivity index (χ4v) is 6.55. The second-order valence-corrected chi connectivity index (χ2v) is 12.1. The van der Waals surface area contributed by atoms with E-state index in [4.69, 9.17) is 14.4 Å². The normalized spacial score (nSPS) is 11.3. The maximum atomic E-state index is 6.50. The van der Waals surface area contributed by atoms with E-state index in [2.05, 4.69) is 126 Å². The van der Waals surface area contributed by atoms with Gasteiger partial charge in [-0.3, -0.25) is 4.98 Å². The van der Waals surface area contributed by atoms with Gasteiger partial charge < -0.3 is 4.42 Å². The molecule has 0 aliphatic carbocycles. The molecule has 0 saturated heterocycles. The number of furan rings is 1. The zero-order valence-corrected chi connectivity index (χ0v) is 26.5. The standard InChI is InChI=1S/C45H29N3O/c1-3-12-30(13-4-1)35-25-36(38-20-10-21-40-39-19-7-8-22-43(39)49-44(38)40)27-37(26-35)42-28-41(47-45(48-42)31-14-5-2-6-15-31)33-17-9-16-32(24-33)34-18-11-23-46-29-34/h1-29H. The Bertz CT molecular complexity index is 2590. The van der Waals surface area contributed by atoms with Crippen molar-refractivity contribution < 1.29 is 4.42 Å².